The predicted octanol–water partition coefficient (Wildman–Crippen LogP) is 0.219. The third-order valence-corrected chi connectivity index (χ3v) is 4.05. The van der Waals surface area contributed by atoms with E-state index >= 15 is 0 Å². The van der Waals surface area contributed by atoms with Gasteiger partial charge in [0, 0.05) is 40.2 Å². The van der Waals surface area contributed by atoms with Crippen LogP contribution in [0.5, 0.6) is 0 Å². The van der Waals surface area contributed by atoms with E-state index in [9.17, 15) is 9.59 Å². The Labute approximate surface area is 132 Å². The van der Waals surface area contributed by atoms with Crippen LogP contribution in [0.3, 0.4) is 0 Å². The largest absolute Gasteiger partial charge is 0.469 e. The van der Waals surface area contributed by atoms with Crippen LogP contribution < -0.4 is 10.6 Å². The van der Waals surface area contributed by atoms with Crippen LogP contribution in [-0.4, -0.2) is 63.6 Å². The average Bonchev–Trinajstić information content (AvgIpc) is 2.55. The van der Waals surface area contributed by atoms with E-state index < -0.39 is 0 Å². The lowest BCUT2D eigenvalue weighted by molar-refractivity contribution is -0.144. The summed E-state index contributed by atoms with van der Waals surface area (Å²) >= 11 is 0. The first-order valence-corrected chi connectivity index (χ1v) is 7.75. The number of hydrogen-bond donors (Lipinski definition) is 2. The van der Waals surface area contributed by atoms with Crippen LogP contribution in [0.1, 0.15) is 26.2 Å². The van der Waals surface area contributed by atoms with Crippen LogP contribution >= 0.6 is 0 Å². The van der Waals surface area contributed by atoms with Crippen LogP contribution in [0.4, 0.5) is 0 Å². The molecule has 1 aliphatic rings. The minimum absolute atomic E-state index is 0.104. The van der Waals surface area contributed by atoms with E-state index in [-0.39, 0.29) is 17.8 Å². The number of guanidine groups is 1. The number of nitrogens with one attached hydrogen (secondary N) is 2. The molecule has 1 saturated heterocycles. The fraction of sp³-hybridized carbons (Fsp3) is 0.800. The molecule has 1 amide bonds. The van der Waals surface area contributed by atoms with Gasteiger partial charge in [0.15, 0.2) is 5.96 Å². The van der Waals surface area contributed by atoms with Gasteiger partial charge in [0.05, 0.1) is 13.0 Å². The molecular formula is C15H28N4O3. The summed E-state index contributed by atoms with van der Waals surface area (Å²) < 4.78 is 4.71. The van der Waals surface area contributed by atoms with E-state index in [0.717, 1.165) is 31.9 Å². The topological polar surface area (TPSA) is 83.0 Å². The van der Waals surface area contributed by atoms with Gasteiger partial charge in [-0.15, -0.1) is 0 Å². The second-order valence-corrected chi connectivity index (χ2v) is 5.66. The fourth-order valence-electron chi connectivity index (χ4n) is 2.57. The summed E-state index contributed by atoms with van der Waals surface area (Å²) in [6, 6.07) is 0. The first-order valence-electron chi connectivity index (χ1n) is 7.75. The van der Waals surface area contributed by atoms with Gasteiger partial charge < -0.3 is 20.3 Å². The molecule has 1 atom stereocenters. The van der Waals surface area contributed by atoms with Crippen LogP contribution in [0.25, 0.3) is 0 Å². The Hall–Kier alpha value is -1.79. The zero-order chi connectivity index (χ0) is 16.5. The van der Waals surface area contributed by atoms with Crippen LogP contribution in [0.2, 0.25) is 0 Å². The maximum Gasteiger partial charge on any atom is 0.310 e. The molecule has 1 rings (SSSR count). The molecule has 0 aromatic rings. The van der Waals surface area contributed by atoms with Gasteiger partial charge >= 0.3 is 5.97 Å². The van der Waals surface area contributed by atoms with Crippen molar-refractivity contribution in [1.29, 1.82) is 0 Å². The number of hydrogen-bond acceptors (Lipinski definition) is 4. The smallest absolute Gasteiger partial charge is 0.310 e. The Morgan fingerprint density at radius 2 is 2.00 bits per heavy atom. The van der Waals surface area contributed by atoms with Crippen LogP contribution in [-0.2, 0) is 14.3 Å². The first kappa shape index (κ1) is 18.3. The number of esters is 1. The lowest BCUT2D eigenvalue weighted by Crippen LogP contribution is -2.47. The van der Waals surface area contributed by atoms with Crippen LogP contribution in [0.15, 0.2) is 4.99 Å². The molecule has 7 nitrogen and oxygen atoms in total. The number of methoxy groups -OCH3 is 1. The molecule has 0 saturated carbocycles. The number of nitrogens with zero attached hydrogens (tertiary/aromatic N) is 2. The van der Waals surface area contributed by atoms with Gasteiger partial charge in [-0.2, -0.15) is 0 Å². The number of likely N-dealkylation sites (tertiary alicyclic amines) is 1. The molecule has 1 unspecified atom stereocenters. The molecule has 126 valence electrons. The molecule has 0 aromatic carbocycles. The van der Waals surface area contributed by atoms with Crippen molar-refractivity contribution in [2.45, 2.75) is 26.2 Å². The maximum absolute atomic E-state index is 11.4. The van der Waals surface area contributed by atoms with Gasteiger partial charge in [0.1, 0.15) is 0 Å². The quantitative estimate of drug-likeness (QED) is 0.431. The molecule has 1 heterocycles. The number of aliphatic imine (C=N–C) groups is 1. The standard InChI is InChI=1S/C15H28N4O3/c1-11(14(21)22-4)10-18-15(17-3)19-7-5-12(6-8-19)9-13(20)16-2/h11-12H,5-10H2,1-4H3,(H,16,20)(H,17,18). The molecule has 0 radical (unpaired) electrons. The lowest BCUT2D eigenvalue weighted by Gasteiger charge is -2.34. The Kier molecular flexibility index (Phi) is 7.70. The summed E-state index contributed by atoms with van der Waals surface area (Å²) in [7, 11) is 4.80. The number of amides is 1. The zero-order valence-corrected chi connectivity index (χ0v) is 14.0. The molecule has 22 heavy (non-hydrogen) atoms. The zero-order valence-electron chi connectivity index (χ0n) is 14.0. The molecule has 1 fully saturated rings. The van der Waals surface area contributed by atoms with Gasteiger partial charge in [-0.1, -0.05) is 6.92 Å². The maximum atomic E-state index is 11.4. The molecule has 0 aromatic heterocycles. The number of carbonyl (C=O) groups is 2. The van der Waals surface area contributed by atoms with Gasteiger partial charge in [0.2, 0.25) is 5.91 Å². The molecule has 0 spiro atoms. The third kappa shape index (κ3) is 5.54. The highest BCUT2D eigenvalue weighted by atomic mass is 16.5. The second-order valence-electron chi connectivity index (χ2n) is 5.66. The fourth-order valence-corrected chi connectivity index (χ4v) is 2.57. The Balaban J connectivity index is 2.40. The Morgan fingerprint density at radius 3 is 2.50 bits per heavy atom. The number of rotatable bonds is 5. The molecular weight excluding hydrogens is 284 g/mol. The molecule has 7 heteroatoms. The van der Waals surface area contributed by atoms with Crippen molar-refractivity contribution >= 4 is 17.8 Å². The van der Waals surface area contributed by atoms with Crippen LogP contribution in [0, 0.1) is 11.8 Å². The van der Waals surface area contributed by atoms with Crippen molar-refractivity contribution < 1.29 is 14.3 Å². The monoisotopic (exact) mass is 312 g/mol. The summed E-state index contributed by atoms with van der Waals surface area (Å²) in [4.78, 5) is 29.3. The van der Waals surface area contributed by atoms with Gasteiger partial charge in [-0.25, -0.2) is 0 Å². The summed E-state index contributed by atoms with van der Waals surface area (Å²) in [5.74, 6) is 0.894. The van der Waals surface area contributed by atoms with E-state index in [1.54, 1.807) is 14.1 Å². The highest BCUT2D eigenvalue weighted by molar-refractivity contribution is 5.81. The van der Waals surface area contributed by atoms with E-state index in [4.69, 9.17) is 4.74 Å². The summed E-state index contributed by atoms with van der Waals surface area (Å²) in [5, 5.41) is 5.89. The number of ether oxygens (including phenoxy) is 1. The van der Waals surface area contributed by atoms with Crippen molar-refractivity contribution in [1.82, 2.24) is 15.5 Å². The van der Waals surface area contributed by atoms with Crippen molar-refractivity contribution in [3.63, 3.8) is 0 Å². The second kappa shape index (κ2) is 9.27. The van der Waals surface area contributed by atoms with Gasteiger partial charge in [-0.05, 0) is 18.8 Å². The van der Waals surface area contributed by atoms with Crippen molar-refractivity contribution in [3.8, 4) is 0 Å². The van der Waals surface area contributed by atoms with Gasteiger partial charge in [0.25, 0.3) is 0 Å². The van der Waals surface area contributed by atoms with E-state index in [1.165, 1.54) is 7.11 Å². The predicted molar refractivity (Wildman–Crippen MR) is 85.5 cm³/mol. The summed E-state index contributed by atoms with van der Waals surface area (Å²) in [6.45, 7) is 4.06. The van der Waals surface area contributed by atoms with Crippen molar-refractivity contribution in [2.75, 3.05) is 40.8 Å². The average molecular weight is 312 g/mol. The van der Waals surface area contributed by atoms with Gasteiger partial charge in [-0.3, -0.25) is 14.6 Å². The molecule has 1 aliphatic heterocycles. The highest BCUT2D eigenvalue weighted by Crippen LogP contribution is 2.20. The van der Waals surface area contributed by atoms with E-state index in [1.807, 2.05) is 6.92 Å². The number of carbonyl (C=O) groups excluding carboxylic acids is 2. The Morgan fingerprint density at radius 1 is 1.36 bits per heavy atom. The first-order chi connectivity index (χ1) is 10.5. The Bertz CT molecular complexity index is 404. The minimum Gasteiger partial charge on any atom is -0.469 e. The molecule has 0 bridgehead atoms. The summed E-state index contributed by atoms with van der Waals surface area (Å²) in [5.41, 5.74) is 0. The highest BCUT2D eigenvalue weighted by Gasteiger charge is 2.23. The summed E-state index contributed by atoms with van der Waals surface area (Å²) in [6.07, 6.45) is 2.54. The van der Waals surface area contributed by atoms with E-state index in [0.29, 0.717) is 18.9 Å². The number of piperidine rings is 1. The van der Waals surface area contributed by atoms with Crippen molar-refractivity contribution in [3.05, 3.63) is 0 Å². The lowest BCUT2D eigenvalue weighted by atomic mass is 9.93. The third-order valence-electron chi connectivity index (χ3n) is 4.05. The molecule has 2 N–H and O–H groups in total. The van der Waals surface area contributed by atoms with E-state index in [2.05, 4.69) is 20.5 Å². The molecule has 0 aliphatic carbocycles. The minimum atomic E-state index is -0.229. The van der Waals surface area contributed by atoms with Crippen molar-refractivity contribution in [2.24, 2.45) is 16.8 Å². The normalized spacial score (nSPS) is 17.8. The SMILES string of the molecule is CN=C(NCC(C)C(=O)OC)N1CCC(CC(=O)NC)CC1.